The minimum absolute atomic E-state index is 0.0519. The van der Waals surface area contributed by atoms with Crippen LogP contribution in [-0.4, -0.2) is 88.4 Å². The third-order valence-electron chi connectivity index (χ3n) is 8.52. The molecule has 1 heterocycles. The van der Waals surface area contributed by atoms with Crippen LogP contribution in [0.25, 0.3) is 21.7 Å². The zero-order valence-corrected chi connectivity index (χ0v) is 35.4. The topological polar surface area (TPSA) is 232 Å². The molecule has 7 N–H and O–H groups in total. The van der Waals surface area contributed by atoms with Gasteiger partial charge in [-0.15, -0.1) is 11.3 Å². The second-order valence-corrected chi connectivity index (χ2v) is 17.6. The van der Waals surface area contributed by atoms with Crippen molar-refractivity contribution in [1.82, 2.24) is 20.3 Å². The molecule has 18 heteroatoms. The van der Waals surface area contributed by atoms with Gasteiger partial charge in [0.1, 0.15) is 29.2 Å². The van der Waals surface area contributed by atoms with E-state index < -0.39 is 58.1 Å². The van der Waals surface area contributed by atoms with Gasteiger partial charge in [0.25, 0.3) is 0 Å². The number of hydrogen-bond donors (Lipinski definition) is 7. The first-order chi connectivity index (χ1) is 27.3. The van der Waals surface area contributed by atoms with E-state index in [-0.39, 0.29) is 42.5 Å². The molecule has 4 rings (SSSR count). The highest BCUT2D eigenvalue weighted by Gasteiger charge is 2.29. The number of aliphatic carboxylic acids is 4. The zero-order chi connectivity index (χ0) is 43.2. The van der Waals surface area contributed by atoms with E-state index in [4.69, 9.17) is 23.2 Å². The van der Waals surface area contributed by atoms with E-state index in [9.17, 15) is 48.0 Å². The Hall–Kier alpha value is -4.42. The minimum Gasteiger partial charge on any atom is -0.480 e. The molecule has 0 aliphatic heterocycles. The van der Waals surface area contributed by atoms with Gasteiger partial charge in [-0.25, -0.2) is 18.1 Å². The summed E-state index contributed by atoms with van der Waals surface area (Å²) in [6.45, 7) is 7.28. The fourth-order valence-electron chi connectivity index (χ4n) is 5.77. The van der Waals surface area contributed by atoms with Gasteiger partial charge in [0, 0.05) is 34.5 Å². The molecular weight excluding hydrogens is 831 g/mol. The summed E-state index contributed by atoms with van der Waals surface area (Å²) >= 11 is 13.4. The molecule has 0 amide bonds. The normalized spacial score (nSPS) is 13.6. The first-order valence-corrected chi connectivity index (χ1v) is 21.4. The van der Waals surface area contributed by atoms with Crippen LogP contribution in [-0.2, 0) is 35.6 Å². The quantitative estimate of drug-likeness (QED) is 0.0459. The van der Waals surface area contributed by atoms with Gasteiger partial charge in [0.15, 0.2) is 0 Å². The molecule has 4 unspecified atom stereocenters. The molecular formula is C40H48Cl2N4O10S2. The predicted molar refractivity (Wildman–Crippen MR) is 224 cm³/mol. The summed E-state index contributed by atoms with van der Waals surface area (Å²) in [6, 6.07) is 16.5. The minimum atomic E-state index is -3.91. The predicted octanol–water partition coefficient (Wildman–Crippen LogP) is 6.77. The van der Waals surface area contributed by atoms with Gasteiger partial charge in [-0.1, -0.05) is 99.4 Å². The van der Waals surface area contributed by atoms with E-state index in [0.717, 1.165) is 5.56 Å². The highest BCUT2D eigenvalue weighted by Crippen LogP contribution is 2.33. The lowest BCUT2D eigenvalue weighted by Gasteiger charge is -2.22. The second-order valence-electron chi connectivity index (χ2n) is 14.2. The first kappa shape index (κ1) is 48.0. The fourth-order valence-corrected chi connectivity index (χ4v) is 8.47. The summed E-state index contributed by atoms with van der Waals surface area (Å²) in [6.07, 6.45) is 0.556. The van der Waals surface area contributed by atoms with Crippen molar-refractivity contribution in [3.63, 3.8) is 0 Å². The summed E-state index contributed by atoms with van der Waals surface area (Å²) in [5.74, 6) is -4.40. The molecule has 0 saturated carbocycles. The van der Waals surface area contributed by atoms with Gasteiger partial charge in [-0.3, -0.25) is 29.8 Å². The summed E-state index contributed by atoms with van der Waals surface area (Å²) < 4.78 is 28.2. The van der Waals surface area contributed by atoms with Crippen LogP contribution in [0.5, 0.6) is 0 Å². The lowest BCUT2D eigenvalue weighted by molar-refractivity contribution is -0.144. The molecule has 314 valence electrons. The van der Waals surface area contributed by atoms with Crippen LogP contribution in [0, 0.1) is 11.8 Å². The Balaban J connectivity index is 0.000000313. The van der Waals surface area contributed by atoms with Gasteiger partial charge >= 0.3 is 23.9 Å². The summed E-state index contributed by atoms with van der Waals surface area (Å²) in [5, 5.41) is 46.3. The molecule has 1 aromatic heterocycles. The maximum atomic E-state index is 12.9. The third-order valence-corrected chi connectivity index (χ3v) is 11.5. The number of hydrogen-bond acceptors (Lipinski definition) is 10. The van der Waals surface area contributed by atoms with Crippen molar-refractivity contribution in [2.45, 2.75) is 82.4 Å². The van der Waals surface area contributed by atoms with Gasteiger partial charge in [-0.2, -0.15) is 0 Å². The Bertz CT molecular complexity index is 2120. The van der Waals surface area contributed by atoms with Crippen molar-refractivity contribution in [3.8, 4) is 21.7 Å². The van der Waals surface area contributed by atoms with E-state index in [0.29, 0.717) is 38.3 Å². The molecule has 3 aromatic carbocycles. The van der Waals surface area contributed by atoms with Crippen LogP contribution in [0.3, 0.4) is 0 Å². The first-order valence-electron chi connectivity index (χ1n) is 18.3. The number of carboxylic acid groups (broad SMARTS) is 4. The number of nitrogens with zero attached hydrogens (tertiary/aromatic N) is 1. The number of carboxylic acids is 4. The van der Waals surface area contributed by atoms with E-state index >= 15 is 0 Å². The number of aromatic nitrogens is 1. The number of rotatable bonds is 21. The summed E-state index contributed by atoms with van der Waals surface area (Å²) in [5.41, 5.74) is 2.54. The van der Waals surface area contributed by atoms with Crippen molar-refractivity contribution >= 4 is 68.4 Å². The highest BCUT2D eigenvalue weighted by atomic mass is 35.5. The monoisotopic (exact) mass is 878 g/mol. The average Bonchev–Trinajstić information content (AvgIpc) is 3.61. The zero-order valence-electron chi connectivity index (χ0n) is 32.3. The molecule has 0 bridgehead atoms. The third kappa shape index (κ3) is 15.1. The summed E-state index contributed by atoms with van der Waals surface area (Å²) in [4.78, 5) is 50.5. The van der Waals surface area contributed by atoms with Crippen molar-refractivity contribution in [2.75, 3.05) is 6.54 Å². The van der Waals surface area contributed by atoms with Crippen LogP contribution < -0.4 is 15.4 Å². The molecule has 4 atom stereocenters. The molecule has 0 saturated heterocycles. The number of thiazole rings is 1. The van der Waals surface area contributed by atoms with Crippen molar-refractivity contribution < 1.29 is 48.0 Å². The van der Waals surface area contributed by atoms with E-state index in [1.54, 1.807) is 53.9 Å². The lowest BCUT2D eigenvalue weighted by atomic mass is 10.0. The largest absolute Gasteiger partial charge is 0.480 e. The van der Waals surface area contributed by atoms with Crippen LogP contribution >= 0.6 is 34.5 Å². The van der Waals surface area contributed by atoms with E-state index in [2.05, 4.69) is 20.3 Å². The molecule has 0 spiro atoms. The fraction of sp³-hybridized carbons (Fsp3) is 0.375. The average molecular weight is 880 g/mol. The molecule has 4 aromatic rings. The standard InChI is InChI=1S/C22H28N2O6S.C18H20Cl2N2O4S/c1-15(2)14-19(22(27)28)24-18(21(25)26)12-13-23-31(29,30)20-11-7-6-10-17(20)16-8-4-3-5-9-16;1-9(2)5-14(17(23)24)22-15(18(25)26)7-11-8-27-16(21-11)12-4-3-10(19)6-13(12)20/h3-11,15,18-19,23-24H,12-14H2,1-2H3,(H,25,26)(H,27,28);3-4,6,8-9,14-15,22H,5,7H2,1-2H3,(H,23,24)(H,25,26). The number of nitrogens with one attached hydrogen (secondary N) is 3. The second kappa shape index (κ2) is 22.7. The summed E-state index contributed by atoms with van der Waals surface area (Å²) in [7, 11) is -3.91. The van der Waals surface area contributed by atoms with Crippen LogP contribution in [0.4, 0.5) is 0 Å². The smallest absolute Gasteiger partial charge is 0.321 e. The SMILES string of the molecule is CC(C)CC(NC(CCNS(=O)(=O)c1ccccc1-c1ccccc1)C(=O)O)C(=O)O.CC(C)CC(NC(Cc1csc(-c2ccc(Cl)cc2Cl)n1)C(=O)O)C(=O)O. The Morgan fingerprint density at radius 2 is 1.24 bits per heavy atom. The lowest BCUT2D eigenvalue weighted by Crippen LogP contribution is -2.49. The van der Waals surface area contributed by atoms with Crippen molar-refractivity contribution in [1.29, 1.82) is 0 Å². The Morgan fingerprint density at radius 1 is 0.707 bits per heavy atom. The Morgan fingerprint density at radius 3 is 1.78 bits per heavy atom. The van der Waals surface area contributed by atoms with E-state index in [1.165, 1.54) is 17.4 Å². The molecule has 0 aliphatic rings. The van der Waals surface area contributed by atoms with Crippen LogP contribution in [0.1, 0.15) is 52.7 Å². The number of carbonyl (C=O) groups is 4. The Kier molecular flexibility index (Phi) is 18.7. The van der Waals surface area contributed by atoms with Crippen LogP contribution in [0.2, 0.25) is 10.0 Å². The highest BCUT2D eigenvalue weighted by molar-refractivity contribution is 7.89. The van der Waals surface area contributed by atoms with Crippen molar-refractivity contribution in [2.24, 2.45) is 11.8 Å². The van der Waals surface area contributed by atoms with Gasteiger partial charge < -0.3 is 20.4 Å². The van der Waals surface area contributed by atoms with Crippen LogP contribution in [0.15, 0.2) is 83.1 Å². The maximum absolute atomic E-state index is 12.9. The molecule has 0 aliphatic carbocycles. The maximum Gasteiger partial charge on any atom is 0.321 e. The number of halogens is 2. The van der Waals surface area contributed by atoms with Gasteiger partial charge in [0.2, 0.25) is 10.0 Å². The van der Waals surface area contributed by atoms with Gasteiger partial charge in [0.05, 0.1) is 15.6 Å². The molecule has 0 fully saturated rings. The molecule has 14 nitrogen and oxygen atoms in total. The van der Waals surface area contributed by atoms with E-state index in [1.807, 2.05) is 45.9 Å². The number of sulfonamides is 1. The Labute approximate surface area is 351 Å². The molecule has 58 heavy (non-hydrogen) atoms. The number of benzene rings is 3. The van der Waals surface area contributed by atoms with Gasteiger partial charge in [-0.05, 0) is 60.9 Å². The molecule has 0 radical (unpaired) electrons. The van der Waals surface area contributed by atoms with Crippen molar-refractivity contribution in [3.05, 3.63) is 93.9 Å².